The van der Waals surface area contributed by atoms with Crippen molar-refractivity contribution >= 4 is 45.9 Å². The zero-order chi connectivity index (χ0) is 23.5. The van der Waals surface area contributed by atoms with Gasteiger partial charge in [-0.2, -0.15) is 0 Å². The van der Waals surface area contributed by atoms with Crippen molar-refractivity contribution in [1.82, 2.24) is 9.55 Å². The van der Waals surface area contributed by atoms with Crippen molar-refractivity contribution in [2.75, 3.05) is 12.4 Å². The Morgan fingerprint density at radius 1 is 1.15 bits per heavy atom. The molecule has 1 N–H and O–H groups in total. The summed E-state index contributed by atoms with van der Waals surface area (Å²) < 4.78 is 20.4. The summed E-state index contributed by atoms with van der Waals surface area (Å²) in [6, 6.07) is 18.0. The fraction of sp³-hybridized carbons (Fsp3) is 0.125. The molecule has 4 aromatic rings. The van der Waals surface area contributed by atoms with Crippen LogP contribution in [0.2, 0.25) is 5.02 Å². The minimum Gasteiger partial charge on any atom is -0.495 e. The molecule has 0 fully saturated rings. The van der Waals surface area contributed by atoms with E-state index in [1.807, 2.05) is 0 Å². The van der Waals surface area contributed by atoms with E-state index in [-0.39, 0.29) is 21.6 Å². The van der Waals surface area contributed by atoms with E-state index >= 15 is 0 Å². The van der Waals surface area contributed by atoms with Gasteiger partial charge in [0.1, 0.15) is 11.6 Å². The first-order valence-electron chi connectivity index (χ1n) is 9.97. The number of carbonyl (C=O) groups is 1. The van der Waals surface area contributed by atoms with Crippen LogP contribution in [0.25, 0.3) is 16.6 Å². The third-order valence-corrected chi connectivity index (χ3v) is 6.26. The van der Waals surface area contributed by atoms with Crippen molar-refractivity contribution in [3.63, 3.8) is 0 Å². The molecule has 168 valence electrons. The number of hydrogen-bond donors (Lipinski definition) is 1. The lowest BCUT2D eigenvalue weighted by Crippen LogP contribution is -2.26. The lowest BCUT2D eigenvalue weighted by atomic mass is 10.2. The highest BCUT2D eigenvalue weighted by molar-refractivity contribution is 8.00. The smallest absolute Gasteiger partial charge is 0.266 e. The highest BCUT2D eigenvalue weighted by Crippen LogP contribution is 2.29. The van der Waals surface area contributed by atoms with Crippen LogP contribution in [-0.2, 0) is 4.79 Å². The second-order valence-electron chi connectivity index (χ2n) is 7.10. The van der Waals surface area contributed by atoms with Gasteiger partial charge in [0, 0.05) is 0 Å². The van der Waals surface area contributed by atoms with Gasteiger partial charge in [-0.05, 0) is 49.4 Å². The van der Waals surface area contributed by atoms with E-state index in [1.165, 1.54) is 29.9 Å². The molecular formula is C24H19ClFN3O3S. The van der Waals surface area contributed by atoms with E-state index in [9.17, 15) is 14.0 Å². The molecule has 4 rings (SSSR count). The van der Waals surface area contributed by atoms with Gasteiger partial charge in [0.05, 0.1) is 39.7 Å². The number of anilines is 1. The van der Waals surface area contributed by atoms with Gasteiger partial charge in [0.2, 0.25) is 5.91 Å². The molecule has 0 saturated heterocycles. The first kappa shape index (κ1) is 22.8. The Morgan fingerprint density at radius 2 is 1.88 bits per heavy atom. The number of fused-ring (bicyclic) bond motifs is 1. The van der Waals surface area contributed by atoms with Gasteiger partial charge in [0.15, 0.2) is 5.16 Å². The molecule has 0 aliphatic carbocycles. The predicted molar refractivity (Wildman–Crippen MR) is 129 cm³/mol. The molecule has 3 aromatic carbocycles. The van der Waals surface area contributed by atoms with Gasteiger partial charge >= 0.3 is 0 Å². The maximum absolute atomic E-state index is 13.8. The van der Waals surface area contributed by atoms with Crippen molar-refractivity contribution in [3.8, 4) is 11.4 Å². The van der Waals surface area contributed by atoms with E-state index in [0.29, 0.717) is 28.0 Å². The van der Waals surface area contributed by atoms with Gasteiger partial charge in [-0.3, -0.25) is 14.2 Å². The quantitative estimate of drug-likeness (QED) is 0.297. The molecule has 1 heterocycles. The van der Waals surface area contributed by atoms with E-state index in [2.05, 4.69) is 10.3 Å². The number of amides is 1. The number of nitrogens with one attached hydrogen (secondary N) is 1. The Labute approximate surface area is 198 Å². The Bertz CT molecular complexity index is 1410. The minimum atomic E-state index is -0.620. The van der Waals surface area contributed by atoms with E-state index in [1.54, 1.807) is 55.5 Å². The Morgan fingerprint density at radius 3 is 2.64 bits per heavy atom. The van der Waals surface area contributed by atoms with Gasteiger partial charge in [0.25, 0.3) is 5.56 Å². The lowest BCUT2D eigenvalue weighted by Gasteiger charge is -2.17. The van der Waals surface area contributed by atoms with Crippen LogP contribution in [0.15, 0.2) is 76.7 Å². The third-order valence-electron chi connectivity index (χ3n) is 4.92. The van der Waals surface area contributed by atoms with E-state index in [0.717, 1.165) is 11.8 Å². The number of thioether (sulfide) groups is 1. The zero-order valence-electron chi connectivity index (χ0n) is 17.7. The van der Waals surface area contributed by atoms with Gasteiger partial charge < -0.3 is 10.1 Å². The lowest BCUT2D eigenvalue weighted by molar-refractivity contribution is -0.115. The average molecular weight is 484 g/mol. The summed E-state index contributed by atoms with van der Waals surface area (Å²) in [5, 5.41) is 2.78. The highest BCUT2D eigenvalue weighted by Gasteiger charge is 2.21. The number of nitrogens with zero attached hydrogens (tertiary/aromatic N) is 2. The first-order valence-corrected chi connectivity index (χ1v) is 11.2. The molecule has 0 bridgehead atoms. The number of hydrogen-bond acceptors (Lipinski definition) is 5. The number of ether oxygens (including phenoxy) is 1. The van der Waals surface area contributed by atoms with Gasteiger partial charge in [-0.15, -0.1) is 0 Å². The SMILES string of the molecule is COc1ccccc1NC(=O)[C@H](C)Sc1nc2ccccc2c(=O)n1-c1ccc(F)c(Cl)c1. The number of aromatic nitrogens is 2. The number of benzene rings is 3. The van der Waals surface area contributed by atoms with Crippen LogP contribution in [0.4, 0.5) is 10.1 Å². The molecule has 6 nitrogen and oxygen atoms in total. The van der Waals surface area contributed by atoms with Crippen molar-refractivity contribution < 1.29 is 13.9 Å². The molecule has 0 aliphatic rings. The van der Waals surface area contributed by atoms with Crippen LogP contribution >= 0.6 is 23.4 Å². The monoisotopic (exact) mass is 483 g/mol. The topological polar surface area (TPSA) is 73.2 Å². The molecule has 1 amide bonds. The van der Waals surface area contributed by atoms with Crippen molar-refractivity contribution in [3.05, 3.63) is 87.9 Å². The summed E-state index contributed by atoms with van der Waals surface area (Å²) in [5.41, 5.74) is 1.03. The summed E-state index contributed by atoms with van der Waals surface area (Å²) in [5.74, 6) is -0.360. The molecule has 1 atom stereocenters. The van der Waals surface area contributed by atoms with Crippen LogP contribution in [0.1, 0.15) is 6.92 Å². The molecule has 0 radical (unpaired) electrons. The van der Waals surface area contributed by atoms with Crippen molar-refractivity contribution in [1.29, 1.82) is 0 Å². The Balaban J connectivity index is 1.74. The fourth-order valence-corrected chi connectivity index (χ4v) is 4.34. The number of para-hydroxylation sites is 3. The molecule has 9 heteroatoms. The molecular weight excluding hydrogens is 465 g/mol. The predicted octanol–water partition coefficient (Wildman–Crippen LogP) is 5.31. The van der Waals surface area contributed by atoms with Gasteiger partial charge in [-0.1, -0.05) is 47.6 Å². The number of carbonyl (C=O) groups excluding carboxylic acids is 1. The summed E-state index contributed by atoms with van der Waals surface area (Å²) in [6.45, 7) is 1.71. The molecule has 0 spiro atoms. The fourth-order valence-electron chi connectivity index (χ4n) is 3.24. The second kappa shape index (κ2) is 9.64. The Hall–Kier alpha value is -3.36. The summed E-state index contributed by atoms with van der Waals surface area (Å²) in [4.78, 5) is 30.8. The largest absolute Gasteiger partial charge is 0.495 e. The normalized spacial score (nSPS) is 11.9. The second-order valence-corrected chi connectivity index (χ2v) is 8.82. The van der Waals surface area contributed by atoms with Crippen LogP contribution in [-0.4, -0.2) is 27.8 Å². The van der Waals surface area contributed by atoms with E-state index in [4.69, 9.17) is 16.3 Å². The summed E-state index contributed by atoms with van der Waals surface area (Å²) in [6.07, 6.45) is 0. The van der Waals surface area contributed by atoms with Crippen LogP contribution in [0.5, 0.6) is 5.75 Å². The number of methoxy groups -OCH3 is 1. The summed E-state index contributed by atoms with van der Waals surface area (Å²) >= 11 is 7.08. The van der Waals surface area contributed by atoms with Crippen molar-refractivity contribution in [2.24, 2.45) is 0 Å². The standard InChI is InChI=1S/C24H19ClFN3O3S/c1-14(22(30)27-20-9-5-6-10-21(20)32-2)33-24-28-19-8-4-3-7-16(19)23(31)29(24)15-11-12-18(26)17(25)13-15/h3-14H,1-2H3,(H,27,30)/t14-/m0/s1. The van der Waals surface area contributed by atoms with E-state index < -0.39 is 11.1 Å². The molecule has 0 aliphatic heterocycles. The minimum absolute atomic E-state index is 0.120. The van der Waals surface area contributed by atoms with Crippen molar-refractivity contribution in [2.45, 2.75) is 17.3 Å². The third kappa shape index (κ3) is 4.72. The molecule has 0 unspecified atom stereocenters. The first-order chi connectivity index (χ1) is 15.9. The maximum atomic E-state index is 13.8. The summed E-state index contributed by atoms with van der Waals surface area (Å²) in [7, 11) is 1.52. The zero-order valence-corrected chi connectivity index (χ0v) is 19.3. The molecule has 0 saturated carbocycles. The van der Waals surface area contributed by atoms with Crippen LogP contribution in [0.3, 0.4) is 0 Å². The van der Waals surface area contributed by atoms with Crippen LogP contribution in [0, 0.1) is 5.82 Å². The number of halogens is 2. The highest BCUT2D eigenvalue weighted by atomic mass is 35.5. The average Bonchev–Trinajstić information content (AvgIpc) is 2.81. The van der Waals surface area contributed by atoms with Gasteiger partial charge in [-0.25, -0.2) is 9.37 Å². The molecule has 1 aromatic heterocycles. The Kier molecular flexibility index (Phi) is 6.67. The molecule has 33 heavy (non-hydrogen) atoms. The number of rotatable bonds is 6. The van der Waals surface area contributed by atoms with Crippen LogP contribution < -0.4 is 15.6 Å². The maximum Gasteiger partial charge on any atom is 0.266 e.